The van der Waals surface area contributed by atoms with Gasteiger partial charge in [-0.2, -0.15) is 0 Å². The molecule has 0 radical (unpaired) electrons. The van der Waals surface area contributed by atoms with Crippen LogP contribution in [0.25, 0.3) is 0 Å². The predicted molar refractivity (Wildman–Crippen MR) is 92.7 cm³/mol. The second kappa shape index (κ2) is 5.09. The van der Waals surface area contributed by atoms with E-state index in [4.69, 9.17) is 9.47 Å². The van der Waals surface area contributed by atoms with E-state index in [1.165, 1.54) is 19.8 Å². The monoisotopic (exact) mass is 342 g/mol. The second-order valence-corrected chi connectivity index (χ2v) is 8.80. The SMILES string of the molecule is COC(=O)C1(C(=O)OC)C[C@H]2[C@H](c3ccccc3)[C@@]2([C@@H]2CC2(C)C)C1. The fraction of sp³-hybridized carbons (Fsp3) is 0.619. The van der Waals surface area contributed by atoms with Crippen LogP contribution in [-0.4, -0.2) is 26.2 Å². The smallest absolute Gasteiger partial charge is 0.323 e. The van der Waals surface area contributed by atoms with Gasteiger partial charge in [0, 0.05) is 0 Å². The Balaban J connectivity index is 1.73. The highest BCUT2D eigenvalue weighted by molar-refractivity contribution is 6.01. The Bertz CT molecular complexity index is 707. The van der Waals surface area contributed by atoms with Crippen molar-refractivity contribution in [2.24, 2.45) is 28.1 Å². The van der Waals surface area contributed by atoms with Gasteiger partial charge in [0.2, 0.25) is 0 Å². The average molecular weight is 342 g/mol. The van der Waals surface area contributed by atoms with Crippen LogP contribution in [0.2, 0.25) is 0 Å². The van der Waals surface area contributed by atoms with Crippen molar-refractivity contribution in [2.75, 3.05) is 14.2 Å². The number of ether oxygens (including phenoxy) is 2. The highest BCUT2D eigenvalue weighted by Gasteiger charge is 2.82. The fourth-order valence-corrected chi connectivity index (χ4v) is 6.03. The Hall–Kier alpha value is -1.84. The predicted octanol–water partition coefficient (Wildman–Crippen LogP) is 3.56. The van der Waals surface area contributed by atoms with Gasteiger partial charge in [-0.1, -0.05) is 44.2 Å². The lowest BCUT2D eigenvalue weighted by molar-refractivity contribution is -0.170. The van der Waals surface area contributed by atoms with Gasteiger partial charge in [0.05, 0.1) is 14.2 Å². The number of carbonyl (C=O) groups is 2. The van der Waals surface area contributed by atoms with Gasteiger partial charge in [-0.3, -0.25) is 9.59 Å². The molecular weight excluding hydrogens is 316 g/mol. The van der Waals surface area contributed by atoms with E-state index < -0.39 is 17.4 Å². The lowest BCUT2D eigenvalue weighted by Crippen LogP contribution is -2.41. The van der Waals surface area contributed by atoms with Crippen molar-refractivity contribution < 1.29 is 19.1 Å². The lowest BCUT2D eigenvalue weighted by atomic mass is 9.75. The first kappa shape index (κ1) is 16.6. The van der Waals surface area contributed by atoms with Crippen LogP contribution in [0.3, 0.4) is 0 Å². The molecule has 4 nitrogen and oxygen atoms in total. The molecule has 3 fully saturated rings. The number of hydrogen-bond acceptors (Lipinski definition) is 4. The summed E-state index contributed by atoms with van der Waals surface area (Å²) < 4.78 is 10.1. The topological polar surface area (TPSA) is 52.6 Å². The summed E-state index contributed by atoms with van der Waals surface area (Å²) >= 11 is 0. The summed E-state index contributed by atoms with van der Waals surface area (Å²) in [6.07, 6.45) is 2.25. The Morgan fingerprint density at radius 1 is 1.00 bits per heavy atom. The number of benzene rings is 1. The van der Waals surface area contributed by atoms with Gasteiger partial charge in [-0.25, -0.2) is 0 Å². The van der Waals surface area contributed by atoms with Crippen LogP contribution in [0.4, 0.5) is 0 Å². The van der Waals surface area contributed by atoms with Gasteiger partial charge in [-0.15, -0.1) is 0 Å². The van der Waals surface area contributed by atoms with Crippen LogP contribution in [-0.2, 0) is 19.1 Å². The molecule has 0 saturated heterocycles. The molecular formula is C21H26O4. The van der Waals surface area contributed by atoms with Crippen molar-refractivity contribution in [3.05, 3.63) is 35.9 Å². The minimum atomic E-state index is -1.13. The molecule has 0 aromatic heterocycles. The van der Waals surface area contributed by atoms with Crippen molar-refractivity contribution in [1.29, 1.82) is 0 Å². The number of rotatable bonds is 4. The summed E-state index contributed by atoms with van der Waals surface area (Å²) in [5.41, 5.74) is 0.508. The van der Waals surface area contributed by atoms with Crippen LogP contribution >= 0.6 is 0 Å². The maximum absolute atomic E-state index is 12.6. The summed E-state index contributed by atoms with van der Waals surface area (Å²) in [5.74, 6) is 0.460. The minimum absolute atomic E-state index is 0.0211. The van der Waals surface area contributed by atoms with Gasteiger partial charge in [0.25, 0.3) is 0 Å². The zero-order valence-electron chi connectivity index (χ0n) is 15.4. The third-order valence-electron chi connectivity index (χ3n) is 7.21. The number of fused-ring (bicyclic) bond motifs is 1. The molecule has 3 aliphatic carbocycles. The maximum Gasteiger partial charge on any atom is 0.323 e. The molecule has 0 amide bonds. The Morgan fingerprint density at radius 3 is 2.04 bits per heavy atom. The first-order valence-corrected chi connectivity index (χ1v) is 9.05. The lowest BCUT2D eigenvalue weighted by Gasteiger charge is -2.29. The highest BCUT2D eigenvalue weighted by atomic mass is 16.5. The van der Waals surface area contributed by atoms with E-state index in [1.54, 1.807) is 0 Å². The minimum Gasteiger partial charge on any atom is -0.468 e. The molecule has 25 heavy (non-hydrogen) atoms. The molecule has 0 unspecified atom stereocenters. The van der Waals surface area contributed by atoms with Crippen molar-refractivity contribution in [1.82, 2.24) is 0 Å². The highest BCUT2D eigenvalue weighted by Crippen LogP contribution is 2.86. The third-order valence-corrected chi connectivity index (χ3v) is 7.21. The molecule has 0 spiro atoms. The van der Waals surface area contributed by atoms with Gasteiger partial charge in [0.15, 0.2) is 5.41 Å². The van der Waals surface area contributed by atoms with E-state index in [1.807, 2.05) is 6.07 Å². The Labute approximate surface area is 148 Å². The summed E-state index contributed by atoms with van der Waals surface area (Å²) in [6, 6.07) is 10.5. The fourth-order valence-electron chi connectivity index (χ4n) is 6.03. The van der Waals surface area contributed by atoms with E-state index in [-0.39, 0.29) is 10.8 Å². The number of hydrogen-bond donors (Lipinski definition) is 0. The standard InChI is InChI=1S/C21H26O4/c1-19(2)11-15(19)21-12-20(17(22)24-3,18(23)25-4)10-14(21)16(21)13-8-6-5-7-9-13/h5-9,14-16H,10-12H2,1-4H3/t14-,15+,16-,21-/m0/s1. The van der Waals surface area contributed by atoms with Gasteiger partial charge in [-0.05, 0) is 53.4 Å². The zero-order chi connectivity index (χ0) is 18.0. The number of methoxy groups -OCH3 is 2. The largest absolute Gasteiger partial charge is 0.468 e. The Morgan fingerprint density at radius 2 is 1.56 bits per heavy atom. The van der Waals surface area contributed by atoms with E-state index in [0.29, 0.717) is 30.6 Å². The van der Waals surface area contributed by atoms with Crippen molar-refractivity contribution in [3.63, 3.8) is 0 Å². The molecule has 134 valence electrons. The van der Waals surface area contributed by atoms with Crippen molar-refractivity contribution >= 4 is 11.9 Å². The van der Waals surface area contributed by atoms with E-state index in [2.05, 4.69) is 38.1 Å². The van der Waals surface area contributed by atoms with Gasteiger partial charge in [0.1, 0.15) is 0 Å². The summed E-state index contributed by atoms with van der Waals surface area (Å²) in [4.78, 5) is 25.1. The molecule has 4 rings (SSSR count). The van der Waals surface area contributed by atoms with Crippen molar-refractivity contribution in [2.45, 2.75) is 39.0 Å². The molecule has 3 saturated carbocycles. The van der Waals surface area contributed by atoms with Gasteiger partial charge >= 0.3 is 11.9 Å². The molecule has 3 aliphatic rings. The van der Waals surface area contributed by atoms with Crippen molar-refractivity contribution in [3.8, 4) is 0 Å². The molecule has 4 atom stereocenters. The van der Waals surface area contributed by atoms with Crippen LogP contribution in [0.5, 0.6) is 0 Å². The molecule has 0 aliphatic heterocycles. The molecule has 4 heteroatoms. The van der Waals surface area contributed by atoms with E-state index in [9.17, 15) is 9.59 Å². The number of esters is 2. The van der Waals surface area contributed by atoms with E-state index in [0.717, 1.165) is 6.42 Å². The zero-order valence-corrected chi connectivity index (χ0v) is 15.4. The molecule has 0 N–H and O–H groups in total. The quantitative estimate of drug-likeness (QED) is 0.620. The summed E-state index contributed by atoms with van der Waals surface area (Å²) in [7, 11) is 2.72. The first-order chi connectivity index (χ1) is 11.8. The molecule has 1 aromatic carbocycles. The summed E-state index contributed by atoms with van der Waals surface area (Å²) in [6.45, 7) is 4.58. The molecule has 1 aromatic rings. The summed E-state index contributed by atoms with van der Waals surface area (Å²) in [5, 5.41) is 0. The van der Waals surface area contributed by atoms with Crippen LogP contribution in [0.15, 0.2) is 30.3 Å². The first-order valence-electron chi connectivity index (χ1n) is 9.05. The van der Waals surface area contributed by atoms with Crippen LogP contribution < -0.4 is 0 Å². The Kier molecular flexibility index (Phi) is 3.38. The average Bonchev–Trinajstić information content (AvgIpc) is 3.41. The molecule has 0 heterocycles. The normalized spacial score (nSPS) is 36.2. The van der Waals surface area contributed by atoms with Crippen LogP contribution in [0.1, 0.15) is 44.6 Å². The van der Waals surface area contributed by atoms with E-state index >= 15 is 0 Å². The van der Waals surface area contributed by atoms with Crippen LogP contribution in [0, 0.1) is 28.1 Å². The molecule has 0 bridgehead atoms. The number of carbonyl (C=O) groups excluding carboxylic acids is 2. The van der Waals surface area contributed by atoms with Gasteiger partial charge < -0.3 is 9.47 Å². The maximum atomic E-state index is 12.6. The second-order valence-electron chi connectivity index (χ2n) is 8.80. The third kappa shape index (κ3) is 2.06.